The largest absolute Gasteiger partial charge is 0.381 e. The van der Waals surface area contributed by atoms with Gasteiger partial charge in [-0.05, 0) is 30.5 Å². The highest BCUT2D eigenvalue weighted by atomic mass is 35.5. The Bertz CT molecular complexity index is 317. The number of benzene rings is 1. The van der Waals surface area contributed by atoms with E-state index in [-0.39, 0.29) is 24.3 Å². The molecule has 1 aliphatic rings. The van der Waals surface area contributed by atoms with Crippen LogP contribution < -0.4 is 5.73 Å². The zero-order valence-corrected chi connectivity index (χ0v) is 9.88. The van der Waals surface area contributed by atoms with Crippen LogP contribution >= 0.6 is 12.4 Å². The number of ether oxygens (including phenoxy) is 1. The Morgan fingerprint density at radius 2 is 2.00 bits per heavy atom. The van der Waals surface area contributed by atoms with Crippen molar-refractivity contribution in [2.24, 2.45) is 11.7 Å². The van der Waals surface area contributed by atoms with Crippen molar-refractivity contribution in [3.63, 3.8) is 0 Å². The lowest BCUT2D eigenvalue weighted by molar-refractivity contribution is 0.0422. The molecule has 16 heavy (non-hydrogen) atoms. The summed E-state index contributed by atoms with van der Waals surface area (Å²) in [6, 6.07) is 6.83. The molecule has 0 bridgehead atoms. The molecular formula is C12H17ClFNO. The van der Waals surface area contributed by atoms with Crippen molar-refractivity contribution in [2.45, 2.75) is 18.9 Å². The minimum absolute atomic E-state index is 0. The van der Waals surface area contributed by atoms with E-state index in [1.807, 2.05) is 12.1 Å². The van der Waals surface area contributed by atoms with Crippen LogP contribution in [0.1, 0.15) is 12.0 Å². The molecule has 1 aromatic rings. The minimum atomic E-state index is -0.192. The fourth-order valence-electron chi connectivity index (χ4n) is 1.95. The molecule has 0 saturated carbocycles. The lowest BCUT2D eigenvalue weighted by atomic mass is 9.90. The summed E-state index contributed by atoms with van der Waals surface area (Å²) in [5.74, 6) is 0.173. The molecule has 0 radical (unpaired) electrons. The number of rotatable bonds is 2. The predicted octanol–water partition coefficient (Wildman–Crippen LogP) is 2.15. The van der Waals surface area contributed by atoms with Crippen molar-refractivity contribution in [1.82, 2.24) is 0 Å². The summed E-state index contributed by atoms with van der Waals surface area (Å²) in [7, 11) is 0. The zero-order chi connectivity index (χ0) is 10.7. The molecule has 1 aromatic carbocycles. The van der Waals surface area contributed by atoms with Crippen LogP contribution in [0.3, 0.4) is 0 Å². The Labute approximate surface area is 101 Å². The quantitative estimate of drug-likeness (QED) is 0.867. The van der Waals surface area contributed by atoms with Gasteiger partial charge in [0.15, 0.2) is 0 Å². The Balaban J connectivity index is 0.00000128. The van der Waals surface area contributed by atoms with Crippen LogP contribution in [0.2, 0.25) is 0 Å². The maximum absolute atomic E-state index is 12.7. The third-order valence-electron chi connectivity index (χ3n) is 2.94. The minimum Gasteiger partial charge on any atom is -0.381 e. The molecule has 2 atom stereocenters. The lowest BCUT2D eigenvalue weighted by Gasteiger charge is -2.28. The Hall–Kier alpha value is -0.640. The van der Waals surface area contributed by atoms with Gasteiger partial charge in [-0.25, -0.2) is 4.39 Å². The van der Waals surface area contributed by atoms with E-state index < -0.39 is 0 Å². The SMILES string of the molecule is Cl.NC1CCOCC1Cc1ccc(F)cc1. The monoisotopic (exact) mass is 245 g/mol. The van der Waals surface area contributed by atoms with Gasteiger partial charge in [-0.3, -0.25) is 0 Å². The van der Waals surface area contributed by atoms with Crippen LogP contribution in [0.15, 0.2) is 24.3 Å². The predicted molar refractivity (Wildman–Crippen MR) is 64.3 cm³/mol. The standard InChI is InChI=1S/C12H16FNO.ClH/c13-11-3-1-9(2-4-11)7-10-8-15-6-5-12(10)14;/h1-4,10,12H,5-8,14H2;1H. The van der Waals surface area contributed by atoms with Crippen molar-refractivity contribution in [1.29, 1.82) is 0 Å². The fourth-order valence-corrected chi connectivity index (χ4v) is 1.95. The lowest BCUT2D eigenvalue weighted by Crippen LogP contribution is -2.39. The normalized spacial score (nSPS) is 24.9. The summed E-state index contributed by atoms with van der Waals surface area (Å²) in [5, 5.41) is 0. The topological polar surface area (TPSA) is 35.2 Å². The van der Waals surface area contributed by atoms with Crippen molar-refractivity contribution in [2.75, 3.05) is 13.2 Å². The Morgan fingerprint density at radius 1 is 1.31 bits per heavy atom. The van der Waals surface area contributed by atoms with E-state index >= 15 is 0 Å². The van der Waals surface area contributed by atoms with Crippen LogP contribution in [-0.4, -0.2) is 19.3 Å². The summed E-state index contributed by atoms with van der Waals surface area (Å²) in [6.45, 7) is 1.49. The fraction of sp³-hybridized carbons (Fsp3) is 0.500. The molecule has 0 aromatic heterocycles. The molecule has 1 fully saturated rings. The second kappa shape index (κ2) is 6.18. The number of hydrogen-bond donors (Lipinski definition) is 1. The summed E-state index contributed by atoms with van der Waals surface area (Å²) in [6.07, 6.45) is 1.80. The summed E-state index contributed by atoms with van der Waals surface area (Å²) >= 11 is 0. The second-order valence-corrected chi connectivity index (χ2v) is 4.12. The second-order valence-electron chi connectivity index (χ2n) is 4.12. The first kappa shape index (κ1) is 13.4. The van der Waals surface area contributed by atoms with Crippen LogP contribution in [0.4, 0.5) is 4.39 Å². The zero-order valence-electron chi connectivity index (χ0n) is 9.06. The average molecular weight is 246 g/mol. The third-order valence-corrected chi connectivity index (χ3v) is 2.94. The van der Waals surface area contributed by atoms with Gasteiger partial charge in [0.2, 0.25) is 0 Å². The summed E-state index contributed by atoms with van der Waals surface area (Å²) in [5.41, 5.74) is 7.13. The molecule has 0 aliphatic carbocycles. The highest BCUT2D eigenvalue weighted by Gasteiger charge is 2.22. The van der Waals surface area contributed by atoms with Gasteiger partial charge in [-0.2, -0.15) is 0 Å². The molecule has 1 aliphatic heterocycles. The van der Waals surface area contributed by atoms with Gasteiger partial charge in [-0.1, -0.05) is 12.1 Å². The number of nitrogens with two attached hydrogens (primary N) is 1. The molecule has 2 N–H and O–H groups in total. The van der Waals surface area contributed by atoms with Gasteiger partial charge in [0, 0.05) is 18.6 Å². The Morgan fingerprint density at radius 3 is 2.62 bits per heavy atom. The summed E-state index contributed by atoms with van der Waals surface area (Å²) < 4.78 is 18.1. The van der Waals surface area contributed by atoms with E-state index in [1.54, 1.807) is 0 Å². The van der Waals surface area contributed by atoms with E-state index in [4.69, 9.17) is 10.5 Å². The molecular weight excluding hydrogens is 229 g/mol. The van der Waals surface area contributed by atoms with E-state index in [9.17, 15) is 4.39 Å². The molecule has 2 rings (SSSR count). The highest BCUT2D eigenvalue weighted by Crippen LogP contribution is 2.18. The number of hydrogen-bond acceptors (Lipinski definition) is 2. The van der Waals surface area contributed by atoms with Crippen molar-refractivity contribution in [3.8, 4) is 0 Å². The van der Waals surface area contributed by atoms with Gasteiger partial charge in [0.05, 0.1) is 6.61 Å². The molecule has 2 nitrogen and oxygen atoms in total. The Kier molecular flexibility index (Phi) is 5.19. The first-order chi connectivity index (χ1) is 7.25. The maximum Gasteiger partial charge on any atom is 0.123 e. The summed E-state index contributed by atoms with van der Waals surface area (Å²) in [4.78, 5) is 0. The molecule has 90 valence electrons. The van der Waals surface area contributed by atoms with E-state index in [0.717, 1.165) is 31.6 Å². The third kappa shape index (κ3) is 3.44. The van der Waals surface area contributed by atoms with Gasteiger partial charge in [0.25, 0.3) is 0 Å². The van der Waals surface area contributed by atoms with Gasteiger partial charge < -0.3 is 10.5 Å². The van der Waals surface area contributed by atoms with Crippen molar-refractivity contribution in [3.05, 3.63) is 35.6 Å². The van der Waals surface area contributed by atoms with Crippen molar-refractivity contribution < 1.29 is 9.13 Å². The van der Waals surface area contributed by atoms with E-state index in [1.165, 1.54) is 12.1 Å². The van der Waals surface area contributed by atoms with Crippen molar-refractivity contribution >= 4 is 12.4 Å². The highest BCUT2D eigenvalue weighted by molar-refractivity contribution is 5.85. The molecule has 2 unspecified atom stereocenters. The smallest absolute Gasteiger partial charge is 0.123 e. The molecule has 4 heteroatoms. The van der Waals surface area contributed by atoms with Gasteiger partial charge in [-0.15, -0.1) is 12.4 Å². The first-order valence-electron chi connectivity index (χ1n) is 5.33. The van der Waals surface area contributed by atoms with E-state index in [0.29, 0.717) is 5.92 Å². The van der Waals surface area contributed by atoms with Crippen LogP contribution in [-0.2, 0) is 11.2 Å². The molecule has 0 spiro atoms. The van der Waals surface area contributed by atoms with Crippen LogP contribution in [0, 0.1) is 11.7 Å². The van der Waals surface area contributed by atoms with Gasteiger partial charge in [0.1, 0.15) is 5.82 Å². The number of halogens is 2. The maximum atomic E-state index is 12.7. The molecule has 1 heterocycles. The van der Waals surface area contributed by atoms with Crippen LogP contribution in [0.25, 0.3) is 0 Å². The molecule has 1 saturated heterocycles. The van der Waals surface area contributed by atoms with Crippen LogP contribution in [0.5, 0.6) is 0 Å². The van der Waals surface area contributed by atoms with Gasteiger partial charge >= 0.3 is 0 Å². The first-order valence-corrected chi connectivity index (χ1v) is 5.33. The molecule has 0 amide bonds. The average Bonchev–Trinajstić information content (AvgIpc) is 2.25. The van der Waals surface area contributed by atoms with E-state index in [2.05, 4.69) is 0 Å².